The Kier molecular flexibility index (Phi) is 3.52. The molecule has 2 nitrogen and oxygen atoms in total. The Bertz CT molecular complexity index is 586. The topological polar surface area (TPSA) is 40.5 Å². The zero-order chi connectivity index (χ0) is 14.0. The van der Waals surface area contributed by atoms with Gasteiger partial charge in [0.25, 0.3) is 0 Å². The average Bonchev–Trinajstić information content (AvgIpc) is 2.40. The number of rotatable bonds is 3. The van der Waals surface area contributed by atoms with E-state index in [1.807, 2.05) is 30.3 Å². The van der Waals surface area contributed by atoms with Gasteiger partial charge in [-0.3, -0.25) is 0 Å². The number of hydrogen-bond acceptors (Lipinski definition) is 2. The van der Waals surface area contributed by atoms with Gasteiger partial charge >= 0.3 is 0 Å². The smallest absolute Gasteiger partial charge is 0.127 e. The summed E-state index contributed by atoms with van der Waals surface area (Å²) in [4.78, 5) is 0. The highest BCUT2D eigenvalue weighted by atomic mass is 16.3. The first kappa shape index (κ1) is 13.5. The fraction of sp³-hybridized carbons (Fsp3) is 0.294. The average molecular weight is 256 g/mol. The van der Waals surface area contributed by atoms with Crippen LogP contribution >= 0.6 is 0 Å². The van der Waals surface area contributed by atoms with Crippen molar-refractivity contribution >= 4 is 0 Å². The zero-order valence-corrected chi connectivity index (χ0v) is 11.6. The summed E-state index contributed by atoms with van der Waals surface area (Å²) in [5.74, 6) is 0.445. The standard InChI is InChI=1S/C17H20O2/c1-4-17(2,3)14-10-7-9-13(16(14)19)12-8-5-6-11-15(12)18/h5-11,18-19H,4H2,1-3H3. The summed E-state index contributed by atoms with van der Waals surface area (Å²) in [6.45, 7) is 6.32. The van der Waals surface area contributed by atoms with Gasteiger partial charge in [-0.25, -0.2) is 0 Å². The van der Waals surface area contributed by atoms with Gasteiger partial charge in [0.2, 0.25) is 0 Å². The molecular weight excluding hydrogens is 236 g/mol. The van der Waals surface area contributed by atoms with Crippen molar-refractivity contribution in [2.75, 3.05) is 0 Å². The molecular formula is C17H20O2. The monoisotopic (exact) mass is 256 g/mol. The molecule has 100 valence electrons. The van der Waals surface area contributed by atoms with Crippen molar-refractivity contribution in [2.24, 2.45) is 0 Å². The Hall–Kier alpha value is -1.96. The lowest BCUT2D eigenvalue weighted by Crippen LogP contribution is -2.15. The lowest BCUT2D eigenvalue weighted by Gasteiger charge is -2.25. The van der Waals surface area contributed by atoms with Crippen LogP contribution in [0.25, 0.3) is 11.1 Å². The number of para-hydroxylation sites is 2. The molecule has 19 heavy (non-hydrogen) atoms. The van der Waals surface area contributed by atoms with E-state index in [1.165, 1.54) is 0 Å². The van der Waals surface area contributed by atoms with Gasteiger partial charge < -0.3 is 10.2 Å². The van der Waals surface area contributed by atoms with Gasteiger partial charge in [-0.15, -0.1) is 0 Å². The van der Waals surface area contributed by atoms with Crippen LogP contribution in [-0.4, -0.2) is 10.2 Å². The quantitative estimate of drug-likeness (QED) is 0.851. The first-order valence-corrected chi connectivity index (χ1v) is 6.58. The van der Waals surface area contributed by atoms with Gasteiger partial charge in [-0.2, -0.15) is 0 Å². The predicted molar refractivity (Wildman–Crippen MR) is 78.5 cm³/mol. The maximum absolute atomic E-state index is 10.5. The molecule has 0 spiro atoms. The van der Waals surface area contributed by atoms with Gasteiger partial charge in [0.05, 0.1) is 0 Å². The molecule has 0 aliphatic rings. The van der Waals surface area contributed by atoms with E-state index in [4.69, 9.17) is 0 Å². The number of phenols is 2. The van der Waals surface area contributed by atoms with Crippen LogP contribution in [0.1, 0.15) is 32.8 Å². The summed E-state index contributed by atoms with van der Waals surface area (Å²) in [7, 11) is 0. The molecule has 2 aromatic carbocycles. The molecule has 0 aliphatic heterocycles. The minimum atomic E-state index is -0.0928. The minimum absolute atomic E-state index is 0.0928. The molecule has 0 saturated carbocycles. The van der Waals surface area contributed by atoms with E-state index < -0.39 is 0 Å². The molecule has 0 aliphatic carbocycles. The first-order chi connectivity index (χ1) is 8.97. The second-order valence-corrected chi connectivity index (χ2v) is 5.46. The fourth-order valence-corrected chi connectivity index (χ4v) is 2.20. The van der Waals surface area contributed by atoms with E-state index in [9.17, 15) is 10.2 Å². The number of phenolic OH excluding ortho intramolecular Hbond substituents is 2. The van der Waals surface area contributed by atoms with Crippen molar-refractivity contribution in [3.63, 3.8) is 0 Å². The molecule has 2 N–H and O–H groups in total. The van der Waals surface area contributed by atoms with Crippen LogP contribution in [0.2, 0.25) is 0 Å². The third kappa shape index (κ3) is 2.43. The second-order valence-electron chi connectivity index (χ2n) is 5.46. The predicted octanol–water partition coefficient (Wildman–Crippen LogP) is 4.45. The van der Waals surface area contributed by atoms with Gasteiger partial charge in [0.1, 0.15) is 11.5 Å². The van der Waals surface area contributed by atoms with Crippen LogP contribution in [0.15, 0.2) is 42.5 Å². The van der Waals surface area contributed by atoms with E-state index in [-0.39, 0.29) is 16.9 Å². The lowest BCUT2D eigenvalue weighted by molar-refractivity contribution is 0.429. The SMILES string of the molecule is CCC(C)(C)c1cccc(-c2ccccc2O)c1O. The summed E-state index contributed by atoms with van der Waals surface area (Å²) in [5.41, 5.74) is 2.16. The van der Waals surface area contributed by atoms with Crippen LogP contribution < -0.4 is 0 Å². The Morgan fingerprint density at radius 2 is 1.53 bits per heavy atom. The minimum Gasteiger partial charge on any atom is -0.507 e. The summed E-state index contributed by atoms with van der Waals surface area (Å²) in [6.07, 6.45) is 0.935. The zero-order valence-electron chi connectivity index (χ0n) is 11.6. The van der Waals surface area contributed by atoms with Crippen molar-refractivity contribution in [1.82, 2.24) is 0 Å². The third-order valence-electron chi connectivity index (χ3n) is 3.84. The molecule has 0 fully saturated rings. The largest absolute Gasteiger partial charge is 0.507 e. The normalized spacial score (nSPS) is 11.5. The lowest BCUT2D eigenvalue weighted by atomic mass is 9.80. The number of benzene rings is 2. The highest BCUT2D eigenvalue weighted by molar-refractivity contribution is 5.76. The van der Waals surface area contributed by atoms with Gasteiger partial charge in [-0.1, -0.05) is 57.2 Å². The highest BCUT2D eigenvalue weighted by Crippen LogP contribution is 2.42. The number of aromatic hydroxyl groups is 2. The maximum atomic E-state index is 10.5. The fourth-order valence-electron chi connectivity index (χ4n) is 2.20. The molecule has 0 aromatic heterocycles. The van der Waals surface area contributed by atoms with E-state index in [0.717, 1.165) is 12.0 Å². The second kappa shape index (κ2) is 4.96. The van der Waals surface area contributed by atoms with Gasteiger partial charge in [-0.05, 0) is 17.9 Å². The van der Waals surface area contributed by atoms with E-state index in [0.29, 0.717) is 11.1 Å². The Morgan fingerprint density at radius 1 is 0.895 bits per heavy atom. The highest BCUT2D eigenvalue weighted by Gasteiger charge is 2.23. The van der Waals surface area contributed by atoms with E-state index >= 15 is 0 Å². The molecule has 2 rings (SSSR count). The Balaban J connectivity index is 2.62. The van der Waals surface area contributed by atoms with Crippen molar-refractivity contribution in [3.8, 4) is 22.6 Å². The van der Waals surface area contributed by atoms with Crippen LogP contribution in [0.4, 0.5) is 0 Å². The molecule has 2 heteroatoms. The van der Waals surface area contributed by atoms with E-state index in [2.05, 4.69) is 20.8 Å². The Labute approximate surface area is 114 Å². The van der Waals surface area contributed by atoms with Gasteiger partial charge in [0, 0.05) is 16.7 Å². The van der Waals surface area contributed by atoms with Crippen LogP contribution in [-0.2, 0) is 5.41 Å². The summed E-state index contributed by atoms with van der Waals surface area (Å²) < 4.78 is 0. The Morgan fingerprint density at radius 3 is 2.16 bits per heavy atom. The summed E-state index contributed by atoms with van der Waals surface area (Å²) in [5, 5.41) is 20.5. The van der Waals surface area contributed by atoms with Crippen molar-refractivity contribution in [2.45, 2.75) is 32.6 Å². The molecule has 0 radical (unpaired) electrons. The van der Waals surface area contributed by atoms with Crippen molar-refractivity contribution < 1.29 is 10.2 Å². The molecule has 0 atom stereocenters. The van der Waals surface area contributed by atoms with Crippen molar-refractivity contribution in [1.29, 1.82) is 0 Å². The third-order valence-corrected chi connectivity index (χ3v) is 3.84. The molecule has 0 saturated heterocycles. The molecule has 0 unspecified atom stereocenters. The van der Waals surface area contributed by atoms with Crippen LogP contribution in [0.3, 0.4) is 0 Å². The maximum Gasteiger partial charge on any atom is 0.127 e. The summed E-state index contributed by atoms with van der Waals surface area (Å²) in [6, 6.07) is 12.8. The van der Waals surface area contributed by atoms with Crippen LogP contribution in [0.5, 0.6) is 11.5 Å². The molecule has 0 bridgehead atoms. The molecule has 0 amide bonds. The molecule has 2 aromatic rings. The summed E-state index contributed by atoms with van der Waals surface area (Å²) >= 11 is 0. The molecule has 0 heterocycles. The van der Waals surface area contributed by atoms with Crippen LogP contribution in [0, 0.1) is 0 Å². The van der Waals surface area contributed by atoms with Gasteiger partial charge in [0.15, 0.2) is 0 Å². The first-order valence-electron chi connectivity index (χ1n) is 6.58. The number of hydrogen-bond donors (Lipinski definition) is 2. The van der Waals surface area contributed by atoms with Crippen molar-refractivity contribution in [3.05, 3.63) is 48.0 Å². The van der Waals surface area contributed by atoms with E-state index in [1.54, 1.807) is 12.1 Å².